The molecular formula is C21H20N7NaO7S2. The van der Waals surface area contributed by atoms with Gasteiger partial charge in [0, 0.05) is 22.8 Å². The van der Waals surface area contributed by atoms with Crippen LogP contribution in [0.3, 0.4) is 0 Å². The van der Waals surface area contributed by atoms with E-state index < -0.39 is 46.5 Å². The number of thioether (sulfide) groups is 1. The van der Waals surface area contributed by atoms with Gasteiger partial charge in [-0.05, 0) is 25.0 Å². The monoisotopic (exact) mass is 569 g/mol. The van der Waals surface area contributed by atoms with E-state index in [9.17, 15) is 29.4 Å². The van der Waals surface area contributed by atoms with Crippen molar-refractivity contribution in [2.24, 2.45) is 5.16 Å². The first-order valence-electron chi connectivity index (χ1n) is 10.7. The third-order valence-corrected chi connectivity index (χ3v) is 7.40. The van der Waals surface area contributed by atoms with Gasteiger partial charge in [-0.3, -0.25) is 14.5 Å². The second-order valence-electron chi connectivity index (χ2n) is 8.40. The summed E-state index contributed by atoms with van der Waals surface area (Å²) in [6.45, 7) is 2.49. The maximum absolute atomic E-state index is 13.1. The summed E-state index contributed by atoms with van der Waals surface area (Å²) in [5, 5.41) is 34.3. The molecule has 0 unspecified atom stereocenters. The van der Waals surface area contributed by atoms with E-state index in [-0.39, 0.29) is 58.4 Å². The second kappa shape index (κ2) is 11.8. The summed E-state index contributed by atoms with van der Waals surface area (Å²) in [6, 6.07) is 2.36. The molecule has 2 amide bonds. The van der Waals surface area contributed by atoms with Crippen molar-refractivity contribution < 1.29 is 68.5 Å². The van der Waals surface area contributed by atoms with E-state index in [0.717, 1.165) is 16.2 Å². The molecule has 2 aromatic rings. The molecule has 4 rings (SSSR count). The largest absolute Gasteiger partial charge is 1.00 e. The zero-order valence-corrected chi connectivity index (χ0v) is 24.1. The Morgan fingerprint density at radius 3 is 2.66 bits per heavy atom. The van der Waals surface area contributed by atoms with E-state index in [1.54, 1.807) is 24.5 Å². The van der Waals surface area contributed by atoms with Gasteiger partial charge in [0.25, 0.3) is 11.8 Å². The number of rotatable bonds is 9. The predicted molar refractivity (Wildman–Crippen MR) is 125 cm³/mol. The molecule has 2 aromatic heterocycles. The van der Waals surface area contributed by atoms with Gasteiger partial charge in [0.2, 0.25) is 0 Å². The Morgan fingerprint density at radius 2 is 2.08 bits per heavy atom. The van der Waals surface area contributed by atoms with Crippen LogP contribution < -0.4 is 55.5 Å². The van der Waals surface area contributed by atoms with E-state index >= 15 is 0 Å². The van der Waals surface area contributed by atoms with E-state index in [0.29, 0.717) is 5.57 Å². The number of thiazole rings is 1. The summed E-state index contributed by atoms with van der Waals surface area (Å²) in [4.78, 5) is 59.3. The van der Waals surface area contributed by atoms with Crippen molar-refractivity contribution in [3.63, 3.8) is 0 Å². The summed E-state index contributed by atoms with van der Waals surface area (Å²) in [5.41, 5.74) is 3.52. The molecule has 0 saturated carbocycles. The second-order valence-corrected chi connectivity index (χ2v) is 10.4. The third-order valence-electron chi connectivity index (χ3n) is 5.39. The molecule has 38 heavy (non-hydrogen) atoms. The van der Waals surface area contributed by atoms with Crippen LogP contribution in [-0.4, -0.2) is 67.2 Å². The minimum atomic E-state index is -1.87. The molecule has 14 nitrogen and oxygen atoms in total. The van der Waals surface area contributed by atoms with Crippen LogP contribution in [0, 0.1) is 0 Å². The average Bonchev–Trinajstić information content (AvgIpc) is 3.28. The van der Waals surface area contributed by atoms with Gasteiger partial charge in [0.1, 0.15) is 17.1 Å². The van der Waals surface area contributed by atoms with E-state index in [1.165, 1.54) is 35.7 Å². The number of oxime groups is 1. The van der Waals surface area contributed by atoms with Gasteiger partial charge in [0.05, 0.1) is 23.8 Å². The number of nitrogens with one attached hydrogen (secondary N) is 1. The topological polar surface area (TPSA) is 207 Å². The Balaban J connectivity index is 0.00000400. The summed E-state index contributed by atoms with van der Waals surface area (Å²) >= 11 is 2.27. The number of carbonyl (C=O) groups is 4. The minimum Gasteiger partial charge on any atom is -0.546 e. The standard InChI is InChI=1S/C21H21N7O7S2.Na/c1-21(2,19(33)34)35-26-12(11-9-37-20(22)24-11)15(29)25-13-16(30)28-14(18(31)32)10(8-36-17(13)28)7-27-6-4-3-5-23-27;/h3-6,9,13,17H,7-8H2,1-2H3,(H4-,22,24,25,29,31,32,33,34);/q;+1/p-1/b26-12-;/t13-,17-;/m1./s1. The summed E-state index contributed by atoms with van der Waals surface area (Å²) in [5.74, 6) is -4.40. The fraction of sp³-hybridized carbons (Fsp3) is 0.333. The number of fused-ring (bicyclic) bond motifs is 1. The smallest absolute Gasteiger partial charge is 0.546 e. The first-order valence-corrected chi connectivity index (χ1v) is 12.6. The van der Waals surface area contributed by atoms with Crippen LogP contribution in [-0.2, 0) is 30.6 Å². The number of aliphatic carboxylic acids is 2. The summed E-state index contributed by atoms with van der Waals surface area (Å²) in [6.07, 6.45) is 3.21. The van der Waals surface area contributed by atoms with Gasteiger partial charge in [-0.15, -0.1) is 23.1 Å². The Kier molecular flexibility index (Phi) is 9.14. The SMILES string of the molecule is CC(C)(O/N=C(\C(=O)N[C@@H]1C(=O)N2C(C(=O)[O-])=C(C[n+]3ccccn3)CS[C@H]12)c1csc(N)n1)C(=O)[O-].[Na+]. The Labute approximate surface area is 246 Å². The van der Waals surface area contributed by atoms with Gasteiger partial charge < -0.3 is 35.7 Å². The third kappa shape index (κ3) is 5.99. The maximum atomic E-state index is 13.1. The van der Waals surface area contributed by atoms with Crippen molar-refractivity contribution in [1.29, 1.82) is 0 Å². The first-order chi connectivity index (χ1) is 17.5. The Bertz CT molecular complexity index is 1330. The molecule has 2 aliphatic heterocycles. The Morgan fingerprint density at radius 1 is 1.34 bits per heavy atom. The number of carboxylic acids is 2. The van der Waals surface area contributed by atoms with Crippen LogP contribution >= 0.6 is 23.1 Å². The molecule has 194 valence electrons. The molecule has 3 N–H and O–H groups in total. The quantitative estimate of drug-likeness (QED) is 0.0955. The molecule has 1 fully saturated rings. The molecule has 2 aliphatic rings. The van der Waals surface area contributed by atoms with Crippen LogP contribution in [0.1, 0.15) is 19.5 Å². The van der Waals surface area contributed by atoms with Crippen molar-refractivity contribution in [2.45, 2.75) is 37.4 Å². The number of anilines is 1. The number of aromatic nitrogens is 3. The fourth-order valence-corrected chi connectivity index (χ4v) is 5.33. The zero-order valence-electron chi connectivity index (χ0n) is 20.4. The van der Waals surface area contributed by atoms with Crippen molar-refractivity contribution in [2.75, 3.05) is 11.5 Å². The summed E-state index contributed by atoms with van der Waals surface area (Å²) in [7, 11) is 0. The van der Waals surface area contributed by atoms with Gasteiger partial charge >= 0.3 is 29.6 Å². The molecule has 0 radical (unpaired) electrons. The maximum Gasteiger partial charge on any atom is 1.00 e. The van der Waals surface area contributed by atoms with Crippen LogP contribution in [0.25, 0.3) is 0 Å². The number of β-lactam (4-membered cyclic amide) rings is 1. The number of nitrogens with two attached hydrogens (primary N) is 1. The molecule has 4 heterocycles. The number of hydrogen-bond donors (Lipinski definition) is 2. The van der Waals surface area contributed by atoms with Crippen molar-refractivity contribution in [3.8, 4) is 0 Å². The van der Waals surface area contributed by atoms with Gasteiger partial charge in [0.15, 0.2) is 29.2 Å². The summed E-state index contributed by atoms with van der Waals surface area (Å²) < 4.78 is 1.53. The number of nitrogen functional groups attached to an aromatic ring is 1. The minimum absolute atomic E-state index is 0. The Hall–Kier alpha value is -3.05. The van der Waals surface area contributed by atoms with E-state index in [1.807, 2.05) is 0 Å². The molecule has 0 spiro atoms. The predicted octanol–water partition coefficient (Wildman–Crippen LogP) is -6.23. The van der Waals surface area contributed by atoms with Crippen molar-refractivity contribution in [1.82, 2.24) is 20.3 Å². The molecule has 2 atom stereocenters. The number of carbonyl (C=O) groups excluding carboxylic acids is 4. The van der Waals surface area contributed by atoms with Gasteiger partial charge in [-0.25, -0.2) is 4.98 Å². The van der Waals surface area contributed by atoms with E-state index in [2.05, 4.69) is 20.6 Å². The molecular weight excluding hydrogens is 549 g/mol. The van der Waals surface area contributed by atoms with Crippen molar-refractivity contribution >= 4 is 57.7 Å². The van der Waals surface area contributed by atoms with Crippen LogP contribution in [0.15, 0.2) is 46.3 Å². The van der Waals surface area contributed by atoms with Crippen molar-refractivity contribution in [3.05, 3.63) is 46.9 Å². The zero-order chi connectivity index (χ0) is 26.9. The fourth-order valence-electron chi connectivity index (χ4n) is 3.45. The first kappa shape index (κ1) is 29.5. The number of nitrogens with zero attached hydrogens (tertiary/aromatic N) is 5. The van der Waals surface area contributed by atoms with E-state index in [4.69, 9.17) is 10.6 Å². The normalized spacial score (nSPS) is 19.2. The van der Waals surface area contributed by atoms with Crippen LogP contribution in [0.2, 0.25) is 0 Å². The number of amides is 2. The van der Waals surface area contributed by atoms with Gasteiger partial charge in [-0.2, -0.15) is 0 Å². The average molecular weight is 570 g/mol. The van der Waals surface area contributed by atoms with Gasteiger partial charge in [-0.1, -0.05) is 9.84 Å². The van der Waals surface area contributed by atoms with Crippen LogP contribution in [0.5, 0.6) is 0 Å². The molecule has 1 saturated heterocycles. The van der Waals surface area contributed by atoms with Crippen LogP contribution in [0.4, 0.5) is 5.13 Å². The number of hydrogen-bond acceptors (Lipinski definition) is 13. The molecule has 0 bridgehead atoms. The molecule has 17 heteroatoms. The number of carboxylic acid groups (broad SMARTS) is 2. The molecule has 0 aliphatic carbocycles. The molecule has 0 aromatic carbocycles.